The van der Waals surface area contributed by atoms with E-state index >= 15 is 0 Å². The summed E-state index contributed by atoms with van der Waals surface area (Å²) in [5, 5.41) is 9.40. The predicted octanol–water partition coefficient (Wildman–Crippen LogP) is 4.40. The van der Waals surface area contributed by atoms with Gasteiger partial charge in [0.25, 0.3) is 5.91 Å². The monoisotopic (exact) mass is 425 g/mol. The first-order valence-corrected chi connectivity index (χ1v) is 9.79. The molecular formula is C23H20ClNO5. The Morgan fingerprint density at radius 3 is 2.07 bits per heavy atom. The molecule has 0 bridgehead atoms. The first kappa shape index (κ1) is 20.4. The van der Waals surface area contributed by atoms with E-state index in [1.807, 2.05) is 48.5 Å². The molecule has 0 radical (unpaired) electrons. The van der Waals surface area contributed by atoms with Crippen LogP contribution < -0.4 is 10.2 Å². The lowest BCUT2D eigenvalue weighted by Gasteiger charge is -2.28. The quantitative estimate of drug-likeness (QED) is 0.452. The van der Waals surface area contributed by atoms with Gasteiger partial charge < -0.3 is 14.2 Å². The third-order valence-electron chi connectivity index (χ3n) is 4.90. The fourth-order valence-corrected chi connectivity index (χ4v) is 3.42. The number of hydrogen-bond donors (Lipinski definition) is 2. The molecule has 3 aromatic rings. The van der Waals surface area contributed by atoms with Crippen LogP contribution in [0, 0.1) is 0 Å². The van der Waals surface area contributed by atoms with Crippen molar-refractivity contribution in [1.29, 1.82) is 0 Å². The van der Waals surface area contributed by atoms with Crippen LogP contribution in [0.15, 0.2) is 72.8 Å². The van der Waals surface area contributed by atoms with Gasteiger partial charge in [0.1, 0.15) is 12.4 Å². The molecule has 1 fully saturated rings. The Bertz CT molecular complexity index is 997. The van der Waals surface area contributed by atoms with Crippen molar-refractivity contribution >= 4 is 17.5 Å². The lowest BCUT2D eigenvalue weighted by atomic mass is 10.0. The van der Waals surface area contributed by atoms with Crippen molar-refractivity contribution in [1.82, 2.24) is 5.48 Å². The van der Waals surface area contributed by atoms with Crippen molar-refractivity contribution in [2.45, 2.75) is 5.79 Å². The summed E-state index contributed by atoms with van der Waals surface area (Å²) in [5.74, 6) is -1.03. The van der Waals surface area contributed by atoms with Gasteiger partial charge in [0.05, 0.1) is 13.2 Å². The fraction of sp³-hybridized carbons (Fsp3) is 0.174. The van der Waals surface area contributed by atoms with Crippen LogP contribution >= 0.6 is 11.6 Å². The summed E-state index contributed by atoms with van der Waals surface area (Å²) >= 11 is 5.97. The van der Waals surface area contributed by atoms with Crippen LogP contribution in [0.4, 0.5) is 0 Å². The highest BCUT2D eigenvalue weighted by Gasteiger charge is 2.39. The summed E-state index contributed by atoms with van der Waals surface area (Å²) in [6.07, 6.45) is 0. The molecule has 1 amide bonds. The van der Waals surface area contributed by atoms with Crippen molar-refractivity contribution in [3.63, 3.8) is 0 Å². The smallest absolute Gasteiger partial charge is 0.274 e. The first-order valence-electron chi connectivity index (χ1n) is 9.41. The van der Waals surface area contributed by atoms with Gasteiger partial charge in [-0.15, -0.1) is 0 Å². The Labute approximate surface area is 178 Å². The van der Waals surface area contributed by atoms with Gasteiger partial charge in [-0.05, 0) is 47.5 Å². The molecule has 0 aromatic heterocycles. The Hall–Kier alpha value is -2.90. The van der Waals surface area contributed by atoms with Crippen molar-refractivity contribution in [2.24, 2.45) is 0 Å². The van der Waals surface area contributed by atoms with E-state index in [-0.39, 0.29) is 6.61 Å². The SMILES string of the molecule is O=C(NO)c1ccc(OCC2(c3ccc(-c4ccc(Cl)cc4)cc3)OCCO2)cc1. The number of benzene rings is 3. The summed E-state index contributed by atoms with van der Waals surface area (Å²) < 4.78 is 17.7. The van der Waals surface area contributed by atoms with Gasteiger partial charge in [0.15, 0.2) is 0 Å². The molecule has 7 heteroatoms. The van der Waals surface area contributed by atoms with Crippen LogP contribution in [-0.4, -0.2) is 30.9 Å². The van der Waals surface area contributed by atoms with Crippen LogP contribution in [0.5, 0.6) is 5.75 Å². The summed E-state index contributed by atoms with van der Waals surface area (Å²) in [6, 6.07) is 22.0. The number of rotatable bonds is 6. The summed E-state index contributed by atoms with van der Waals surface area (Å²) in [4.78, 5) is 11.4. The van der Waals surface area contributed by atoms with Crippen molar-refractivity contribution < 1.29 is 24.2 Å². The number of hydrogen-bond acceptors (Lipinski definition) is 5. The maximum Gasteiger partial charge on any atom is 0.274 e. The summed E-state index contributed by atoms with van der Waals surface area (Å²) in [7, 11) is 0. The van der Waals surface area contributed by atoms with E-state index < -0.39 is 11.7 Å². The van der Waals surface area contributed by atoms with Crippen LogP contribution in [0.3, 0.4) is 0 Å². The van der Waals surface area contributed by atoms with E-state index in [1.165, 1.54) is 0 Å². The lowest BCUT2D eigenvalue weighted by Crippen LogP contribution is -2.34. The van der Waals surface area contributed by atoms with E-state index in [2.05, 4.69) is 0 Å². The molecule has 0 aliphatic carbocycles. The minimum atomic E-state index is -1.00. The van der Waals surface area contributed by atoms with Gasteiger partial charge in [0, 0.05) is 16.1 Å². The van der Waals surface area contributed by atoms with Crippen molar-refractivity contribution in [2.75, 3.05) is 19.8 Å². The number of carbonyl (C=O) groups is 1. The predicted molar refractivity (Wildman–Crippen MR) is 112 cm³/mol. The lowest BCUT2D eigenvalue weighted by molar-refractivity contribution is -0.185. The van der Waals surface area contributed by atoms with E-state index in [0.717, 1.165) is 16.7 Å². The molecule has 3 aromatic carbocycles. The second-order valence-electron chi connectivity index (χ2n) is 6.79. The average Bonchev–Trinajstić information content (AvgIpc) is 3.28. The van der Waals surface area contributed by atoms with Gasteiger partial charge >= 0.3 is 0 Å². The number of hydroxylamine groups is 1. The van der Waals surface area contributed by atoms with Crippen LogP contribution in [-0.2, 0) is 15.3 Å². The zero-order valence-electron chi connectivity index (χ0n) is 16.0. The van der Waals surface area contributed by atoms with Gasteiger partial charge in [-0.3, -0.25) is 10.0 Å². The maximum absolute atomic E-state index is 11.4. The first-order chi connectivity index (χ1) is 14.6. The highest BCUT2D eigenvalue weighted by atomic mass is 35.5. The maximum atomic E-state index is 11.4. The minimum Gasteiger partial charge on any atom is -0.488 e. The molecule has 0 atom stereocenters. The minimum absolute atomic E-state index is 0.152. The van der Waals surface area contributed by atoms with Crippen LogP contribution in [0.2, 0.25) is 5.02 Å². The van der Waals surface area contributed by atoms with E-state index in [4.69, 9.17) is 31.0 Å². The number of carbonyl (C=O) groups excluding carboxylic acids is 1. The molecule has 2 N–H and O–H groups in total. The second kappa shape index (κ2) is 8.85. The number of amides is 1. The molecule has 0 spiro atoms. The highest BCUT2D eigenvalue weighted by Crippen LogP contribution is 2.34. The molecule has 0 unspecified atom stereocenters. The fourth-order valence-electron chi connectivity index (χ4n) is 3.29. The van der Waals surface area contributed by atoms with E-state index in [9.17, 15) is 4.79 Å². The van der Waals surface area contributed by atoms with Crippen LogP contribution in [0.25, 0.3) is 11.1 Å². The normalized spacial score (nSPS) is 15.0. The molecule has 1 heterocycles. The average molecular weight is 426 g/mol. The van der Waals surface area contributed by atoms with E-state index in [0.29, 0.717) is 29.5 Å². The molecule has 4 rings (SSSR count). The van der Waals surface area contributed by atoms with Gasteiger partial charge in [-0.25, -0.2) is 5.48 Å². The number of halogens is 1. The Morgan fingerprint density at radius 1 is 0.933 bits per heavy atom. The summed E-state index contributed by atoms with van der Waals surface area (Å²) in [6.45, 7) is 1.09. The molecule has 1 saturated heterocycles. The summed E-state index contributed by atoms with van der Waals surface area (Å²) in [5.41, 5.74) is 4.90. The van der Waals surface area contributed by atoms with Crippen LogP contribution in [0.1, 0.15) is 15.9 Å². The molecule has 1 aliphatic heterocycles. The molecule has 0 saturated carbocycles. The number of nitrogens with one attached hydrogen (secondary N) is 1. The van der Waals surface area contributed by atoms with Crippen molar-refractivity contribution in [3.05, 3.63) is 88.9 Å². The molecule has 30 heavy (non-hydrogen) atoms. The number of ether oxygens (including phenoxy) is 3. The zero-order valence-corrected chi connectivity index (χ0v) is 16.8. The van der Waals surface area contributed by atoms with Gasteiger partial charge in [-0.2, -0.15) is 0 Å². The Morgan fingerprint density at radius 2 is 1.50 bits per heavy atom. The molecular weight excluding hydrogens is 406 g/mol. The standard InChI is InChI=1S/C23H20ClNO5/c24-20-9-3-17(4-10-20)16-1-7-19(8-2-16)23(29-13-14-30-23)15-28-21-11-5-18(6-12-21)22(26)25-27/h1-12,27H,13-15H2,(H,25,26). The largest absolute Gasteiger partial charge is 0.488 e. The topological polar surface area (TPSA) is 77.0 Å². The molecule has 1 aliphatic rings. The van der Waals surface area contributed by atoms with Gasteiger partial charge in [-0.1, -0.05) is 48.0 Å². The van der Waals surface area contributed by atoms with Gasteiger partial charge in [0.2, 0.25) is 5.79 Å². The van der Waals surface area contributed by atoms with E-state index in [1.54, 1.807) is 29.7 Å². The van der Waals surface area contributed by atoms with Crippen molar-refractivity contribution in [3.8, 4) is 16.9 Å². The zero-order chi connectivity index (χ0) is 21.0. The molecule has 6 nitrogen and oxygen atoms in total. The molecule has 154 valence electrons. The third-order valence-corrected chi connectivity index (χ3v) is 5.15. The highest BCUT2D eigenvalue weighted by molar-refractivity contribution is 6.30. The Kier molecular flexibility index (Phi) is 6.01. The third kappa shape index (κ3) is 4.32. The Balaban J connectivity index is 1.50. The second-order valence-corrected chi connectivity index (χ2v) is 7.22.